The number of hydrogen-bond donors (Lipinski definition) is 1. The molecule has 1 N–H and O–H groups in total. The summed E-state index contributed by atoms with van der Waals surface area (Å²) >= 11 is 0. The van der Waals surface area contributed by atoms with Crippen molar-refractivity contribution < 1.29 is 4.74 Å². The Morgan fingerprint density at radius 2 is 2.31 bits per heavy atom. The van der Waals surface area contributed by atoms with Crippen LogP contribution in [0, 0.1) is 6.92 Å². The molecule has 0 unspecified atom stereocenters. The highest BCUT2D eigenvalue weighted by Crippen LogP contribution is 2.25. The molecule has 2 rings (SSSR count). The van der Waals surface area contributed by atoms with E-state index in [0.717, 1.165) is 29.4 Å². The van der Waals surface area contributed by atoms with Gasteiger partial charge in [0.05, 0.1) is 17.0 Å². The number of rotatable bonds is 4. The van der Waals surface area contributed by atoms with Crippen LogP contribution in [0.2, 0.25) is 0 Å². The van der Waals surface area contributed by atoms with Crippen LogP contribution in [-0.4, -0.2) is 21.3 Å². The Hall–Kier alpha value is -1.58. The van der Waals surface area contributed by atoms with Crippen molar-refractivity contribution >= 4 is 10.9 Å². The van der Waals surface area contributed by atoms with E-state index in [9.17, 15) is 0 Å². The number of nitrogens with one attached hydrogen (secondary N) is 1. The molecule has 4 nitrogen and oxygen atoms in total. The topological polar surface area (TPSA) is 50.8 Å². The van der Waals surface area contributed by atoms with Gasteiger partial charge in [-0.2, -0.15) is 5.10 Å². The molecule has 0 saturated heterocycles. The summed E-state index contributed by atoms with van der Waals surface area (Å²) in [5, 5.41) is 8.13. The molecule has 0 amide bonds. The van der Waals surface area contributed by atoms with Crippen molar-refractivity contribution in [2.24, 2.45) is 0 Å². The zero-order valence-corrected chi connectivity index (χ0v) is 9.95. The summed E-state index contributed by atoms with van der Waals surface area (Å²) in [6.07, 6.45) is 4.07. The Labute approximate surface area is 95.0 Å². The van der Waals surface area contributed by atoms with Crippen LogP contribution in [0.3, 0.4) is 0 Å². The second-order valence-electron chi connectivity index (χ2n) is 4.08. The molecule has 2 aromatic heterocycles. The van der Waals surface area contributed by atoms with Crippen LogP contribution in [-0.2, 0) is 0 Å². The molecule has 0 fully saturated rings. The van der Waals surface area contributed by atoms with E-state index in [1.807, 2.05) is 13.0 Å². The molecule has 0 spiro atoms. The quantitative estimate of drug-likeness (QED) is 0.860. The second-order valence-corrected chi connectivity index (χ2v) is 4.08. The van der Waals surface area contributed by atoms with Gasteiger partial charge in [-0.1, -0.05) is 13.3 Å². The molecule has 1 atom stereocenters. The number of fused-ring (bicyclic) bond motifs is 1. The molecular weight excluding hydrogens is 202 g/mol. The molecular formula is C12H17N3O. The van der Waals surface area contributed by atoms with Crippen molar-refractivity contribution in [3.05, 3.63) is 18.0 Å². The van der Waals surface area contributed by atoms with E-state index in [0.29, 0.717) is 5.88 Å². The number of hydrogen-bond acceptors (Lipinski definition) is 3. The second kappa shape index (κ2) is 4.51. The average molecular weight is 219 g/mol. The average Bonchev–Trinajstić information content (AvgIpc) is 2.62. The van der Waals surface area contributed by atoms with Crippen LogP contribution in [0.25, 0.3) is 10.9 Å². The molecule has 2 heterocycles. The normalized spacial score (nSPS) is 12.9. The van der Waals surface area contributed by atoms with Crippen molar-refractivity contribution in [3.8, 4) is 5.88 Å². The molecule has 0 aromatic carbocycles. The van der Waals surface area contributed by atoms with E-state index >= 15 is 0 Å². The summed E-state index contributed by atoms with van der Waals surface area (Å²) in [5.74, 6) is 0.685. The lowest BCUT2D eigenvalue weighted by Crippen LogP contribution is -2.12. The van der Waals surface area contributed by atoms with Gasteiger partial charge in [-0.05, 0) is 26.3 Å². The Morgan fingerprint density at radius 1 is 1.50 bits per heavy atom. The van der Waals surface area contributed by atoms with E-state index in [-0.39, 0.29) is 6.10 Å². The molecule has 0 aliphatic heterocycles. The summed E-state index contributed by atoms with van der Waals surface area (Å²) in [6, 6.07) is 1.89. The molecule has 0 radical (unpaired) electrons. The fourth-order valence-electron chi connectivity index (χ4n) is 1.82. The summed E-state index contributed by atoms with van der Waals surface area (Å²) in [4.78, 5) is 4.28. The number of ether oxygens (including phenoxy) is 1. The predicted molar refractivity (Wildman–Crippen MR) is 63.6 cm³/mol. The number of aromatic amines is 1. The van der Waals surface area contributed by atoms with E-state index < -0.39 is 0 Å². The zero-order chi connectivity index (χ0) is 11.5. The van der Waals surface area contributed by atoms with Crippen molar-refractivity contribution in [2.45, 2.75) is 39.7 Å². The van der Waals surface area contributed by atoms with Gasteiger partial charge in [0.1, 0.15) is 0 Å². The maximum absolute atomic E-state index is 5.84. The molecule has 2 aromatic rings. The largest absolute Gasteiger partial charge is 0.474 e. The van der Waals surface area contributed by atoms with Crippen LogP contribution in [0.1, 0.15) is 32.4 Å². The minimum absolute atomic E-state index is 0.192. The molecule has 16 heavy (non-hydrogen) atoms. The van der Waals surface area contributed by atoms with Crippen molar-refractivity contribution in [1.82, 2.24) is 15.2 Å². The van der Waals surface area contributed by atoms with Gasteiger partial charge in [0.2, 0.25) is 5.88 Å². The van der Waals surface area contributed by atoms with Gasteiger partial charge in [0.15, 0.2) is 0 Å². The fourth-order valence-corrected chi connectivity index (χ4v) is 1.82. The minimum Gasteiger partial charge on any atom is -0.474 e. The lowest BCUT2D eigenvalue weighted by atomic mass is 10.2. The van der Waals surface area contributed by atoms with Crippen LogP contribution < -0.4 is 4.74 Å². The summed E-state index contributed by atoms with van der Waals surface area (Å²) in [7, 11) is 0. The third-order valence-corrected chi connectivity index (χ3v) is 2.62. The highest BCUT2D eigenvalue weighted by Gasteiger charge is 2.11. The minimum atomic E-state index is 0.192. The first-order chi connectivity index (χ1) is 7.72. The number of pyridine rings is 1. The molecule has 86 valence electrons. The van der Waals surface area contributed by atoms with Crippen molar-refractivity contribution in [1.29, 1.82) is 0 Å². The van der Waals surface area contributed by atoms with Gasteiger partial charge in [-0.15, -0.1) is 0 Å². The highest BCUT2D eigenvalue weighted by atomic mass is 16.5. The van der Waals surface area contributed by atoms with Gasteiger partial charge in [-0.25, -0.2) is 4.98 Å². The maximum Gasteiger partial charge on any atom is 0.225 e. The van der Waals surface area contributed by atoms with Gasteiger partial charge >= 0.3 is 0 Å². The van der Waals surface area contributed by atoms with Crippen molar-refractivity contribution in [2.75, 3.05) is 0 Å². The first-order valence-corrected chi connectivity index (χ1v) is 5.68. The van der Waals surface area contributed by atoms with Gasteiger partial charge in [0.25, 0.3) is 0 Å². The molecule has 0 saturated carbocycles. The molecule has 0 bridgehead atoms. The van der Waals surface area contributed by atoms with Gasteiger partial charge in [-0.3, -0.25) is 5.10 Å². The third-order valence-electron chi connectivity index (χ3n) is 2.62. The van der Waals surface area contributed by atoms with E-state index in [1.165, 1.54) is 0 Å². The Kier molecular flexibility index (Phi) is 3.08. The Morgan fingerprint density at radius 3 is 3.06 bits per heavy atom. The monoisotopic (exact) mass is 219 g/mol. The van der Waals surface area contributed by atoms with Crippen molar-refractivity contribution in [3.63, 3.8) is 0 Å². The van der Waals surface area contributed by atoms with E-state index in [1.54, 1.807) is 6.20 Å². The van der Waals surface area contributed by atoms with E-state index in [4.69, 9.17) is 4.74 Å². The third kappa shape index (κ3) is 2.01. The van der Waals surface area contributed by atoms with Crippen LogP contribution in [0.5, 0.6) is 5.88 Å². The van der Waals surface area contributed by atoms with E-state index in [2.05, 4.69) is 29.0 Å². The Balaban J connectivity index is 2.32. The van der Waals surface area contributed by atoms with Gasteiger partial charge in [0, 0.05) is 11.9 Å². The lowest BCUT2D eigenvalue weighted by molar-refractivity contribution is 0.204. The number of aromatic nitrogens is 3. The maximum atomic E-state index is 5.84. The molecule has 0 aliphatic rings. The Bertz CT molecular complexity index is 478. The molecule has 4 heteroatoms. The number of aryl methyl sites for hydroxylation is 1. The highest BCUT2D eigenvalue weighted by molar-refractivity contribution is 5.85. The standard InChI is InChI=1S/C12H17N3O/c1-4-5-8(2)16-12-11-9(3)14-15-10(11)6-7-13-12/h6-8H,4-5H2,1-3H3,(H,14,15)/t8-/m0/s1. The smallest absolute Gasteiger partial charge is 0.225 e. The summed E-state index contributed by atoms with van der Waals surface area (Å²) < 4.78 is 5.84. The molecule has 0 aliphatic carbocycles. The summed E-state index contributed by atoms with van der Waals surface area (Å²) in [6.45, 7) is 6.20. The SMILES string of the molecule is CCC[C@H](C)Oc1nccc2n[nH]c(C)c12. The zero-order valence-electron chi connectivity index (χ0n) is 9.95. The first-order valence-electron chi connectivity index (χ1n) is 5.68. The lowest BCUT2D eigenvalue weighted by Gasteiger charge is -2.13. The summed E-state index contributed by atoms with van der Waals surface area (Å²) in [5.41, 5.74) is 1.91. The number of H-pyrrole nitrogens is 1. The van der Waals surface area contributed by atoms with Gasteiger partial charge < -0.3 is 4.74 Å². The predicted octanol–water partition coefficient (Wildman–Crippen LogP) is 2.83. The first kappa shape index (κ1) is 10.9. The van der Waals surface area contributed by atoms with Crippen LogP contribution in [0.4, 0.5) is 0 Å². The fraction of sp³-hybridized carbons (Fsp3) is 0.500. The number of nitrogens with zero attached hydrogens (tertiary/aromatic N) is 2. The van der Waals surface area contributed by atoms with Crippen LogP contribution in [0.15, 0.2) is 12.3 Å². The van der Waals surface area contributed by atoms with Crippen LogP contribution >= 0.6 is 0 Å².